The highest BCUT2D eigenvalue weighted by Gasteiger charge is 2.30. The van der Waals surface area contributed by atoms with Crippen molar-refractivity contribution in [3.63, 3.8) is 0 Å². The topological polar surface area (TPSA) is 200 Å². The Morgan fingerprint density at radius 3 is 2.37 bits per heavy atom. The van der Waals surface area contributed by atoms with E-state index in [1.165, 1.54) is 6.92 Å². The highest BCUT2D eigenvalue weighted by Crippen LogP contribution is 2.05. The molecule has 1 aliphatic rings. The zero-order chi connectivity index (χ0) is 20.6. The van der Waals surface area contributed by atoms with Crippen LogP contribution in [0.1, 0.15) is 26.2 Å². The molecule has 152 valence electrons. The van der Waals surface area contributed by atoms with Gasteiger partial charge in [0.25, 0.3) is 0 Å². The average molecular weight is 387 g/mol. The Morgan fingerprint density at radius 2 is 1.89 bits per heavy atom. The first kappa shape index (κ1) is 22.3. The molecule has 0 saturated carbocycles. The summed E-state index contributed by atoms with van der Waals surface area (Å²) in [6, 6.07) is -3.26. The van der Waals surface area contributed by atoms with Crippen molar-refractivity contribution in [2.45, 2.75) is 50.4 Å². The number of carbonyl (C=O) groups excluding carboxylic acids is 4. The second-order valence-corrected chi connectivity index (χ2v) is 6.22. The van der Waals surface area contributed by atoms with E-state index in [9.17, 15) is 29.1 Å². The molecule has 1 rings (SSSR count). The summed E-state index contributed by atoms with van der Waals surface area (Å²) in [6.45, 7) is 1.38. The number of primary amides is 1. The molecule has 4 unspecified atom stereocenters. The van der Waals surface area contributed by atoms with Crippen molar-refractivity contribution in [3.05, 3.63) is 0 Å². The Balaban J connectivity index is 2.55. The summed E-state index contributed by atoms with van der Waals surface area (Å²) in [5.41, 5.74) is 4.90. The number of aliphatic hydroxyl groups is 1. The number of amides is 4. The number of hydrogen-bond acceptors (Lipinski definition) is 7. The van der Waals surface area contributed by atoms with E-state index >= 15 is 0 Å². The van der Waals surface area contributed by atoms with Crippen LogP contribution in [0.2, 0.25) is 0 Å². The summed E-state index contributed by atoms with van der Waals surface area (Å²) in [5, 5.41) is 28.3. The molecule has 1 saturated heterocycles. The Morgan fingerprint density at radius 1 is 1.22 bits per heavy atom. The van der Waals surface area contributed by atoms with Gasteiger partial charge in [-0.2, -0.15) is 0 Å². The highest BCUT2D eigenvalue weighted by molar-refractivity contribution is 5.93. The smallest absolute Gasteiger partial charge is 0.326 e. The lowest BCUT2D eigenvalue weighted by Crippen LogP contribution is -2.57. The molecule has 8 N–H and O–H groups in total. The maximum absolute atomic E-state index is 12.2. The first-order chi connectivity index (χ1) is 12.6. The fourth-order valence-electron chi connectivity index (χ4n) is 2.49. The van der Waals surface area contributed by atoms with Crippen LogP contribution in [0.25, 0.3) is 0 Å². The molecule has 0 radical (unpaired) electrons. The van der Waals surface area contributed by atoms with Gasteiger partial charge in [0.15, 0.2) is 0 Å². The van der Waals surface area contributed by atoms with Gasteiger partial charge in [-0.25, -0.2) is 4.79 Å². The third-order valence-electron chi connectivity index (χ3n) is 3.90. The molecule has 0 aliphatic carbocycles. The van der Waals surface area contributed by atoms with E-state index in [1.807, 2.05) is 5.32 Å². The maximum atomic E-state index is 12.2. The number of nitrogens with one attached hydrogen (secondary N) is 4. The Bertz CT molecular complexity index is 589. The molecule has 1 fully saturated rings. The number of aliphatic carboxylic acids is 1. The monoisotopic (exact) mass is 387 g/mol. The van der Waals surface area contributed by atoms with Gasteiger partial charge in [-0.1, -0.05) is 0 Å². The van der Waals surface area contributed by atoms with E-state index in [0.29, 0.717) is 13.0 Å². The van der Waals surface area contributed by atoms with Gasteiger partial charge in [-0.3, -0.25) is 19.2 Å². The summed E-state index contributed by atoms with van der Waals surface area (Å²) in [4.78, 5) is 57.8. The molecule has 0 aromatic carbocycles. The molecular weight excluding hydrogens is 362 g/mol. The number of carboxylic acids is 1. The predicted octanol–water partition coefficient (Wildman–Crippen LogP) is -3.83. The number of rotatable bonds is 10. The van der Waals surface area contributed by atoms with Crippen molar-refractivity contribution in [2.75, 3.05) is 13.1 Å². The van der Waals surface area contributed by atoms with Crippen LogP contribution in [0, 0.1) is 0 Å². The number of nitrogens with two attached hydrogens (primary N) is 1. The minimum atomic E-state index is -1.52. The van der Waals surface area contributed by atoms with Gasteiger partial charge < -0.3 is 37.2 Å². The second-order valence-electron chi connectivity index (χ2n) is 6.22. The lowest BCUT2D eigenvalue weighted by atomic mass is 10.1. The molecule has 4 atom stereocenters. The van der Waals surface area contributed by atoms with E-state index in [-0.39, 0.29) is 0 Å². The van der Waals surface area contributed by atoms with E-state index in [0.717, 1.165) is 6.42 Å². The number of carboxylic acid groups (broad SMARTS) is 1. The average Bonchev–Trinajstić information content (AvgIpc) is 3.10. The van der Waals surface area contributed by atoms with Gasteiger partial charge in [0, 0.05) is 0 Å². The molecule has 0 bridgehead atoms. The fourth-order valence-corrected chi connectivity index (χ4v) is 2.49. The van der Waals surface area contributed by atoms with Gasteiger partial charge >= 0.3 is 5.97 Å². The molecule has 12 heteroatoms. The lowest BCUT2D eigenvalue weighted by Gasteiger charge is -2.22. The zero-order valence-corrected chi connectivity index (χ0v) is 14.9. The third-order valence-corrected chi connectivity index (χ3v) is 3.90. The fraction of sp³-hybridized carbons (Fsp3) is 0.667. The Labute approximate surface area is 155 Å². The van der Waals surface area contributed by atoms with Crippen molar-refractivity contribution in [1.82, 2.24) is 21.3 Å². The third kappa shape index (κ3) is 7.58. The van der Waals surface area contributed by atoms with E-state index in [4.69, 9.17) is 10.8 Å². The summed E-state index contributed by atoms with van der Waals surface area (Å²) in [7, 11) is 0. The van der Waals surface area contributed by atoms with Crippen molar-refractivity contribution < 1.29 is 34.2 Å². The van der Waals surface area contributed by atoms with Crippen LogP contribution in [0.3, 0.4) is 0 Å². The molecule has 0 aromatic heterocycles. The standard InChI is InChI=1S/C15H25N5O7/c1-7(21)12(20-13(24)8-3-2-4-17-8)14(25)18-6-11(23)19-9(15(26)27)5-10(16)22/h7-9,12,17,21H,2-6H2,1H3,(H2,16,22)(H,18,25)(H,19,23)(H,20,24)(H,26,27). The van der Waals surface area contributed by atoms with Crippen LogP contribution in [-0.2, 0) is 24.0 Å². The first-order valence-electron chi connectivity index (χ1n) is 8.41. The van der Waals surface area contributed by atoms with Crippen LogP contribution in [-0.4, -0.2) is 77.1 Å². The molecule has 1 aliphatic heterocycles. The summed E-state index contributed by atoms with van der Waals surface area (Å²) in [6.07, 6.45) is -0.394. The van der Waals surface area contributed by atoms with Crippen LogP contribution >= 0.6 is 0 Å². The zero-order valence-electron chi connectivity index (χ0n) is 14.9. The van der Waals surface area contributed by atoms with Gasteiger partial charge in [-0.05, 0) is 26.3 Å². The summed E-state index contributed by atoms with van der Waals surface area (Å²) >= 11 is 0. The normalized spacial score (nSPS) is 19.4. The van der Waals surface area contributed by atoms with Crippen molar-refractivity contribution in [3.8, 4) is 0 Å². The number of hydrogen-bond donors (Lipinski definition) is 7. The van der Waals surface area contributed by atoms with Crippen LogP contribution < -0.4 is 27.0 Å². The second kappa shape index (κ2) is 10.4. The summed E-state index contributed by atoms with van der Waals surface area (Å²) < 4.78 is 0. The van der Waals surface area contributed by atoms with Gasteiger partial charge in [-0.15, -0.1) is 0 Å². The SMILES string of the molecule is CC(O)C(NC(=O)C1CCCN1)C(=O)NCC(=O)NC(CC(N)=O)C(=O)O. The van der Waals surface area contributed by atoms with E-state index in [2.05, 4.69) is 16.0 Å². The Hall–Kier alpha value is -2.73. The molecule has 1 heterocycles. The van der Waals surface area contributed by atoms with Crippen molar-refractivity contribution in [1.29, 1.82) is 0 Å². The van der Waals surface area contributed by atoms with Crippen LogP contribution in [0.5, 0.6) is 0 Å². The molecule has 0 spiro atoms. The molecule has 4 amide bonds. The largest absolute Gasteiger partial charge is 0.480 e. The quantitative estimate of drug-likeness (QED) is 0.197. The molecular formula is C15H25N5O7. The minimum Gasteiger partial charge on any atom is -0.480 e. The summed E-state index contributed by atoms with van der Waals surface area (Å²) in [5.74, 6) is -4.49. The molecule has 12 nitrogen and oxygen atoms in total. The lowest BCUT2D eigenvalue weighted by molar-refractivity contribution is -0.143. The van der Waals surface area contributed by atoms with Gasteiger partial charge in [0.2, 0.25) is 23.6 Å². The van der Waals surface area contributed by atoms with Crippen molar-refractivity contribution >= 4 is 29.6 Å². The van der Waals surface area contributed by atoms with Gasteiger partial charge in [0.1, 0.15) is 12.1 Å². The van der Waals surface area contributed by atoms with E-state index in [1.54, 1.807) is 0 Å². The van der Waals surface area contributed by atoms with Crippen molar-refractivity contribution in [2.24, 2.45) is 5.73 Å². The minimum absolute atomic E-state index is 0.439. The number of carbonyl (C=O) groups is 5. The van der Waals surface area contributed by atoms with Crippen LogP contribution in [0.15, 0.2) is 0 Å². The highest BCUT2D eigenvalue weighted by atomic mass is 16.4. The predicted molar refractivity (Wildman–Crippen MR) is 91.0 cm³/mol. The number of aliphatic hydroxyl groups excluding tert-OH is 1. The van der Waals surface area contributed by atoms with Gasteiger partial charge in [0.05, 0.1) is 25.1 Å². The first-order valence-corrected chi connectivity index (χ1v) is 8.41. The molecule has 27 heavy (non-hydrogen) atoms. The van der Waals surface area contributed by atoms with Crippen LogP contribution in [0.4, 0.5) is 0 Å². The molecule has 0 aromatic rings. The maximum Gasteiger partial charge on any atom is 0.326 e. The van der Waals surface area contributed by atoms with E-state index < -0.39 is 66.8 Å². The Kier molecular flexibility index (Phi) is 8.62.